The maximum atomic E-state index is 13.6. The van der Waals surface area contributed by atoms with E-state index in [0.717, 1.165) is 0 Å². The molecule has 9 nitrogen and oxygen atoms in total. The van der Waals surface area contributed by atoms with E-state index in [1.54, 1.807) is 111 Å². The van der Waals surface area contributed by atoms with Crippen LogP contribution in [0.1, 0.15) is 21.5 Å². The summed E-state index contributed by atoms with van der Waals surface area (Å²) in [5.74, 6) is 1.34. The lowest BCUT2D eigenvalue weighted by molar-refractivity contribution is 0.0955. The SMILES string of the molecule is COc1ccc(N(Cc2ccc(C(=O)N/N=C\c3ccc(OC)c(OC)c3)cc2)S(=O)(=O)c2ccccc2)cc1. The van der Waals surface area contributed by atoms with E-state index in [1.807, 2.05) is 0 Å². The first-order valence-corrected chi connectivity index (χ1v) is 13.7. The molecule has 0 aliphatic heterocycles. The van der Waals surface area contributed by atoms with Crippen molar-refractivity contribution in [3.8, 4) is 17.2 Å². The third-order valence-electron chi connectivity index (χ3n) is 6.02. The van der Waals surface area contributed by atoms with Crippen LogP contribution in [0.4, 0.5) is 5.69 Å². The highest BCUT2D eigenvalue weighted by atomic mass is 32.2. The number of hydrazone groups is 1. The van der Waals surface area contributed by atoms with Crippen molar-refractivity contribution in [1.29, 1.82) is 0 Å². The third kappa shape index (κ3) is 6.59. The molecule has 1 amide bonds. The van der Waals surface area contributed by atoms with E-state index in [9.17, 15) is 13.2 Å². The summed E-state index contributed by atoms with van der Waals surface area (Å²) < 4.78 is 44.2. The molecule has 206 valence electrons. The van der Waals surface area contributed by atoms with Gasteiger partial charge in [-0.05, 0) is 77.9 Å². The molecular weight excluding hydrogens is 530 g/mol. The van der Waals surface area contributed by atoms with Gasteiger partial charge in [-0.2, -0.15) is 5.10 Å². The number of benzene rings is 4. The number of nitrogens with zero attached hydrogens (tertiary/aromatic N) is 2. The Morgan fingerprint density at radius 3 is 2.12 bits per heavy atom. The van der Waals surface area contributed by atoms with E-state index < -0.39 is 15.9 Å². The van der Waals surface area contributed by atoms with Gasteiger partial charge in [-0.25, -0.2) is 13.8 Å². The molecule has 0 radical (unpaired) electrons. The molecule has 0 heterocycles. The lowest BCUT2D eigenvalue weighted by atomic mass is 10.1. The van der Waals surface area contributed by atoms with Crippen molar-refractivity contribution in [2.75, 3.05) is 25.6 Å². The van der Waals surface area contributed by atoms with Crippen molar-refractivity contribution in [2.24, 2.45) is 5.10 Å². The highest BCUT2D eigenvalue weighted by molar-refractivity contribution is 7.92. The third-order valence-corrected chi connectivity index (χ3v) is 7.81. The molecule has 4 aromatic carbocycles. The maximum Gasteiger partial charge on any atom is 0.271 e. The fourth-order valence-electron chi connectivity index (χ4n) is 3.87. The molecule has 0 aliphatic rings. The average Bonchev–Trinajstić information content (AvgIpc) is 3.00. The molecule has 0 saturated heterocycles. The summed E-state index contributed by atoms with van der Waals surface area (Å²) in [4.78, 5) is 12.8. The van der Waals surface area contributed by atoms with Crippen molar-refractivity contribution in [3.63, 3.8) is 0 Å². The Hall–Kier alpha value is -4.83. The zero-order valence-corrected chi connectivity index (χ0v) is 23.1. The number of anilines is 1. The van der Waals surface area contributed by atoms with E-state index in [1.165, 1.54) is 17.6 Å². The van der Waals surface area contributed by atoms with E-state index >= 15 is 0 Å². The number of amides is 1. The summed E-state index contributed by atoms with van der Waals surface area (Å²) in [6.45, 7) is 0.0584. The van der Waals surface area contributed by atoms with E-state index in [-0.39, 0.29) is 11.4 Å². The maximum absolute atomic E-state index is 13.6. The molecule has 0 fully saturated rings. The summed E-state index contributed by atoms with van der Waals surface area (Å²) in [6, 6.07) is 27.0. The van der Waals surface area contributed by atoms with Gasteiger partial charge in [0.25, 0.3) is 15.9 Å². The van der Waals surface area contributed by atoms with Crippen molar-refractivity contribution in [2.45, 2.75) is 11.4 Å². The number of hydrogen-bond donors (Lipinski definition) is 1. The molecule has 10 heteroatoms. The lowest BCUT2D eigenvalue weighted by Gasteiger charge is -2.25. The van der Waals surface area contributed by atoms with Crippen molar-refractivity contribution < 1.29 is 27.4 Å². The summed E-state index contributed by atoms with van der Waals surface area (Å²) in [5, 5.41) is 4.02. The van der Waals surface area contributed by atoms with Gasteiger partial charge < -0.3 is 14.2 Å². The van der Waals surface area contributed by atoms with Crippen LogP contribution < -0.4 is 23.9 Å². The zero-order valence-electron chi connectivity index (χ0n) is 22.3. The number of nitrogens with one attached hydrogen (secondary N) is 1. The number of rotatable bonds is 11. The van der Waals surface area contributed by atoms with Gasteiger partial charge in [-0.15, -0.1) is 0 Å². The quantitative estimate of drug-likeness (QED) is 0.208. The fraction of sp³-hybridized carbons (Fsp3) is 0.133. The van der Waals surface area contributed by atoms with Crippen LogP contribution in [0.3, 0.4) is 0 Å². The van der Waals surface area contributed by atoms with Gasteiger partial charge in [-0.1, -0.05) is 30.3 Å². The summed E-state index contributed by atoms with van der Waals surface area (Å²) in [7, 11) is 0.770. The van der Waals surface area contributed by atoms with Crippen LogP contribution in [0.15, 0.2) is 107 Å². The molecule has 0 spiro atoms. The number of ether oxygens (including phenoxy) is 3. The van der Waals surface area contributed by atoms with Gasteiger partial charge in [0.05, 0.1) is 44.7 Å². The number of carbonyl (C=O) groups is 1. The molecule has 1 N–H and O–H groups in total. The normalized spacial score (nSPS) is 11.2. The van der Waals surface area contributed by atoms with Gasteiger partial charge in [-0.3, -0.25) is 9.10 Å². The lowest BCUT2D eigenvalue weighted by Crippen LogP contribution is -2.30. The molecule has 0 bridgehead atoms. The zero-order chi connectivity index (χ0) is 28.5. The first-order chi connectivity index (χ1) is 19.3. The van der Waals surface area contributed by atoms with Gasteiger partial charge in [0.2, 0.25) is 0 Å². The standard InChI is InChI=1S/C30H29N3O6S/c1-37-26-16-14-25(15-17-26)33(40(35,36)27-7-5-4-6-8-27)21-22-9-12-24(13-10-22)30(34)32-31-20-23-11-18-28(38-2)29(19-23)39-3/h4-20H,21H2,1-3H3,(H,32,34)/b31-20-. The van der Waals surface area contributed by atoms with Crippen molar-refractivity contribution >= 4 is 27.8 Å². The average molecular weight is 560 g/mol. The van der Waals surface area contributed by atoms with Gasteiger partial charge in [0.1, 0.15) is 5.75 Å². The van der Waals surface area contributed by atoms with Crippen molar-refractivity contribution in [1.82, 2.24) is 5.43 Å². The Kier molecular flexibility index (Phi) is 9.03. The number of carbonyl (C=O) groups excluding carboxylic acids is 1. The Morgan fingerprint density at radius 2 is 1.50 bits per heavy atom. The minimum Gasteiger partial charge on any atom is -0.497 e. The van der Waals surface area contributed by atoms with Crippen LogP contribution in [-0.2, 0) is 16.6 Å². The van der Waals surface area contributed by atoms with E-state index in [4.69, 9.17) is 14.2 Å². The van der Waals surface area contributed by atoms with E-state index in [2.05, 4.69) is 10.5 Å². The molecule has 0 unspecified atom stereocenters. The molecule has 0 aliphatic carbocycles. The topological polar surface area (TPSA) is 107 Å². The minimum atomic E-state index is -3.87. The summed E-state index contributed by atoms with van der Waals surface area (Å²) in [5.41, 5.74) is 4.76. The van der Waals surface area contributed by atoms with Crippen molar-refractivity contribution in [3.05, 3.63) is 114 Å². The van der Waals surface area contributed by atoms with Crippen LogP contribution in [0.5, 0.6) is 17.2 Å². The minimum absolute atomic E-state index is 0.0584. The Morgan fingerprint density at radius 1 is 0.825 bits per heavy atom. The van der Waals surface area contributed by atoms with Crippen LogP contribution in [-0.4, -0.2) is 41.9 Å². The molecular formula is C30H29N3O6S. The number of sulfonamides is 1. The molecule has 4 aromatic rings. The smallest absolute Gasteiger partial charge is 0.271 e. The highest BCUT2D eigenvalue weighted by Crippen LogP contribution is 2.28. The molecule has 40 heavy (non-hydrogen) atoms. The van der Waals surface area contributed by atoms with Gasteiger partial charge >= 0.3 is 0 Å². The monoisotopic (exact) mass is 559 g/mol. The number of methoxy groups -OCH3 is 3. The Labute approximate surface area is 233 Å². The molecule has 0 atom stereocenters. The second-order valence-corrected chi connectivity index (χ2v) is 10.4. The number of hydrogen-bond acceptors (Lipinski definition) is 7. The molecule has 0 aromatic heterocycles. The second kappa shape index (κ2) is 12.8. The largest absolute Gasteiger partial charge is 0.497 e. The first-order valence-electron chi connectivity index (χ1n) is 12.2. The second-order valence-electron chi connectivity index (χ2n) is 8.53. The fourth-order valence-corrected chi connectivity index (χ4v) is 5.35. The van der Waals surface area contributed by atoms with Gasteiger partial charge in [0, 0.05) is 5.56 Å². The Balaban J connectivity index is 1.50. The molecule has 0 saturated carbocycles. The van der Waals surface area contributed by atoms with Crippen LogP contribution in [0.2, 0.25) is 0 Å². The highest BCUT2D eigenvalue weighted by Gasteiger charge is 2.25. The van der Waals surface area contributed by atoms with E-state index in [0.29, 0.717) is 39.6 Å². The first kappa shape index (κ1) is 28.2. The summed E-state index contributed by atoms with van der Waals surface area (Å²) in [6.07, 6.45) is 1.50. The predicted molar refractivity (Wildman–Crippen MR) is 154 cm³/mol. The predicted octanol–water partition coefficient (Wildman–Crippen LogP) is 4.87. The van der Waals surface area contributed by atoms with Crippen LogP contribution in [0, 0.1) is 0 Å². The van der Waals surface area contributed by atoms with Crippen LogP contribution in [0.25, 0.3) is 0 Å². The molecule has 4 rings (SSSR count). The van der Waals surface area contributed by atoms with Crippen LogP contribution >= 0.6 is 0 Å². The summed E-state index contributed by atoms with van der Waals surface area (Å²) >= 11 is 0. The van der Waals surface area contributed by atoms with Gasteiger partial charge in [0.15, 0.2) is 11.5 Å². The Bertz CT molecular complexity index is 1570.